The molecular formula is C25H26FN9O2. The highest BCUT2D eigenvalue weighted by atomic mass is 19.1. The van der Waals surface area contributed by atoms with Crippen molar-refractivity contribution >= 4 is 17.6 Å². The Kier molecular flexibility index (Phi) is 6.47. The minimum atomic E-state index is -0.635. The van der Waals surface area contributed by atoms with Crippen molar-refractivity contribution in [2.75, 3.05) is 11.9 Å². The Hall–Kier alpha value is -4.48. The van der Waals surface area contributed by atoms with Gasteiger partial charge in [0.1, 0.15) is 17.3 Å². The van der Waals surface area contributed by atoms with Gasteiger partial charge in [-0.3, -0.25) is 9.59 Å². The van der Waals surface area contributed by atoms with Gasteiger partial charge in [-0.25, -0.2) is 19.0 Å². The molecule has 0 bridgehead atoms. The van der Waals surface area contributed by atoms with Crippen LogP contribution in [0.3, 0.4) is 0 Å². The smallest absolute Gasteiger partial charge is 0.259 e. The van der Waals surface area contributed by atoms with E-state index in [9.17, 15) is 14.0 Å². The fourth-order valence-electron chi connectivity index (χ4n) is 4.02. The van der Waals surface area contributed by atoms with Crippen LogP contribution in [-0.4, -0.2) is 53.1 Å². The zero-order valence-electron chi connectivity index (χ0n) is 20.6. The van der Waals surface area contributed by atoms with E-state index in [1.165, 1.54) is 23.7 Å². The van der Waals surface area contributed by atoms with Crippen LogP contribution in [0.25, 0.3) is 17.2 Å². The van der Waals surface area contributed by atoms with E-state index in [1.54, 1.807) is 31.5 Å². The normalized spacial score (nSPS) is 13.8. The largest absolute Gasteiger partial charge is 0.354 e. The highest BCUT2D eigenvalue weighted by Gasteiger charge is 2.26. The maximum Gasteiger partial charge on any atom is 0.259 e. The van der Waals surface area contributed by atoms with E-state index in [0.717, 1.165) is 18.5 Å². The monoisotopic (exact) mass is 503 g/mol. The molecule has 3 aromatic heterocycles. The summed E-state index contributed by atoms with van der Waals surface area (Å²) < 4.78 is 18.2. The summed E-state index contributed by atoms with van der Waals surface area (Å²) in [5.74, 6) is -0.363. The number of carbonyl (C=O) groups is 2. The van der Waals surface area contributed by atoms with Crippen LogP contribution in [-0.2, 0) is 4.79 Å². The van der Waals surface area contributed by atoms with E-state index in [-0.39, 0.29) is 23.3 Å². The summed E-state index contributed by atoms with van der Waals surface area (Å²) in [6.07, 6.45) is 5.87. The van der Waals surface area contributed by atoms with Gasteiger partial charge in [-0.2, -0.15) is 0 Å². The lowest BCUT2D eigenvalue weighted by Gasteiger charge is -2.14. The predicted molar refractivity (Wildman–Crippen MR) is 133 cm³/mol. The Labute approximate surface area is 212 Å². The summed E-state index contributed by atoms with van der Waals surface area (Å²) in [4.78, 5) is 33.2. The first kappa shape index (κ1) is 24.2. The summed E-state index contributed by atoms with van der Waals surface area (Å²) in [7, 11) is 0. The molecule has 2 amide bonds. The quantitative estimate of drug-likeness (QED) is 0.377. The molecule has 0 aliphatic heterocycles. The number of aromatic nitrogens is 7. The van der Waals surface area contributed by atoms with Gasteiger partial charge in [-0.05, 0) is 66.9 Å². The first-order valence-electron chi connectivity index (χ1n) is 12.0. The lowest BCUT2D eigenvalue weighted by molar-refractivity contribution is -0.119. The maximum atomic E-state index is 14.9. The summed E-state index contributed by atoms with van der Waals surface area (Å²) in [6, 6.07) is 7.61. The van der Waals surface area contributed by atoms with Gasteiger partial charge in [0.15, 0.2) is 0 Å². The standard InChI is InChI=1S/C25H26FN9O2/c1-14-9-19(26)18(10-22(14)34-12-21(28-13-34)17-7-8-17)25(37)30-23-6-4-5-20(29-23)24-31-32-33-35(24)15(2)11-27-16(3)36/h4-6,9-10,12-13,15,17H,7-8,11H2,1-3H3,(H,27,36)(H,29,30,37)/t15-/m1/s1. The minimum Gasteiger partial charge on any atom is -0.354 e. The average Bonchev–Trinajstić information content (AvgIpc) is 3.38. The van der Waals surface area contributed by atoms with Gasteiger partial charge in [0, 0.05) is 25.6 Å². The van der Waals surface area contributed by atoms with Crippen molar-refractivity contribution in [2.24, 2.45) is 0 Å². The number of hydrogen-bond acceptors (Lipinski definition) is 7. The van der Waals surface area contributed by atoms with Gasteiger partial charge in [-0.15, -0.1) is 5.10 Å². The average molecular weight is 504 g/mol. The number of anilines is 1. The fourth-order valence-corrected chi connectivity index (χ4v) is 4.02. The molecule has 3 heterocycles. The van der Waals surface area contributed by atoms with Gasteiger partial charge in [0.05, 0.1) is 29.3 Å². The van der Waals surface area contributed by atoms with Crippen molar-refractivity contribution in [3.63, 3.8) is 0 Å². The molecular weight excluding hydrogens is 477 g/mol. The van der Waals surface area contributed by atoms with E-state index in [1.807, 2.05) is 17.7 Å². The summed E-state index contributed by atoms with van der Waals surface area (Å²) in [5.41, 5.74) is 2.68. The summed E-state index contributed by atoms with van der Waals surface area (Å²) in [5, 5.41) is 17.2. The lowest BCUT2D eigenvalue weighted by Crippen LogP contribution is -2.28. The molecule has 1 atom stereocenters. The number of amides is 2. The molecule has 1 saturated carbocycles. The Balaban J connectivity index is 1.37. The topological polar surface area (TPSA) is 133 Å². The van der Waals surface area contributed by atoms with Crippen LogP contribution in [0.2, 0.25) is 0 Å². The van der Waals surface area contributed by atoms with Crippen molar-refractivity contribution in [2.45, 2.75) is 45.6 Å². The second kappa shape index (κ2) is 9.88. The molecule has 0 unspecified atom stereocenters. The van der Waals surface area contributed by atoms with Gasteiger partial charge < -0.3 is 15.2 Å². The minimum absolute atomic E-state index is 0.108. The van der Waals surface area contributed by atoms with Gasteiger partial charge >= 0.3 is 0 Å². The molecule has 0 saturated heterocycles. The third kappa shape index (κ3) is 5.22. The first-order chi connectivity index (χ1) is 17.8. The molecule has 1 fully saturated rings. The second-order valence-electron chi connectivity index (χ2n) is 9.19. The van der Waals surface area contributed by atoms with Crippen molar-refractivity contribution in [3.05, 3.63) is 65.5 Å². The number of halogens is 1. The molecule has 5 rings (SSSR count). The van der Waals surface area contributed by atoms with Crippen LogP contribution in [0, 0.1) is 12.7 Å². The number of tetrazole rings is 1. The summed E-state index contributed by atoms with van der Waals surface area (Å²) in [6.45, 7) is 5.41. The molecule has 190 valence electrons. The van der Waals surface area contributed by atoms with Crippen LogP contribution in [0.4, 0.5) is 10.2 Å². The molecule has 4 aromatic rings. The van der Waals surface area contributed by atoms with Gasteiger partial charge in [0.25, 0.3) is 5.91 Å². The van der Waals surface area contributed by atoms with E-state index in [4.69, 9.17) is 0 Å². The maximum absolute atomic E-state index is 14.9. The van der Waals surface area contributed by atoms with Crippen LogP contribution in [0.15, 0.2) is 42.9 Å². The first-order valence-corrected chi connectivity index (χ1v) is 12.0. The van der Waals surface area contributed by atoms with Gasteiger partial charge in [-0.1, -0.05) is 6.07 Å². The second-order valence-corrected chi connectivity index (χ2v) is 9.19. The molecule has 11 nitrogen and oxygen atoms in total. The molecule has 0 spiro atoms. The van der Waals surface area contributed by atoms with Crippen LogP contribution in [0.5, 0.6) is 0 Å². The molecule has 0 radical (unpaired) electrons. The van der Waals surface area contributed by atoms with Crippen LogP contribution >= 0.6 is 0 Å². The number of aryl methyl sites for hydroxylation is 1. The van der Waals surface area contributed by atoms with Gasteiger partial charge in [0.2, 0.25) is 11.7 Å². The van der Waals surface area contributed by atoms with Crippen LogP contribution < -0.4 is 10.6 Å². The number of hydrogen-bond donors (Lipinski definition) is 2. The van der Waals surface area contributed by atoms with E-state index in [0.29, 0.717) is 35.2 Å². The Morgan fingerprint density at radius 1 is 1.24 bits per heavy atom. The molecule has 1 aliphatic carbocycles. The number of carbonyl (C=O) groups excluding carboxylic acids is 2. The molecule has 1 aliphatic rings. The van der Waals surface area contributed by atoms with Crippen LogP contribution in [0.1, 0.15) is 60.3 Å². The third-order valence-electron chi connectivity index (χ3n) is 6.18. The molecule has 12 heteroatoms. The number of benzene rings is 1. The van der Waals surface area contributed by atoms with E-state index in [2.05, 4.69) is 36.1 Å². The summed E-state index contributed by atoms with van der Waals surface area (Å²) >= 11 is 0. The number of nitrogens with one attached hydrogen (secondary N) is 2. The SMILES string of the molecule is CC(=O)NC[C@@H](C)n1nnnc1-c1cccc(NC(=O)c2cc(-n3cnc(C4CC4)c3)c(C)cc2F)n1. The van der Waals surface area contributed by atoms with E-state index < -0.39 is 11.7 Å². The molecule has 2 N–H and O–H groups in total. The Morgan fingerprint density at radius 2 is 2.05 bits per heavy atom. The number of nitrogens with zero attached hydrogens (tertiary/aromatic N) is 7. The lowest BCUT2D eigenvalue weighted by atomic mass is 10.1. The van der Waals surface area contributed by atoms with Crippen molar-refractivity contribution in [1.29, 1.82) is 0 Å². The Morgan fingerprint density at radius 3 is 2.81 bits per heavy atom. The van der Waals surface area contributed by atoms with Crippen molar-refractivity contribution in [3.8, 4) is 17.2 Å². The zero-order valence-corrected chi connectivity index (χ0v) is 20.6. The number of rotatable bonds is 8. The zero-order chi connectivity index (χ0) is 26.1. The van der Waals surface area contributed by atoms with E-state index >= 15 is 0 Å². The third-order valence-corrected chi connectivity index (χ3v) is 6.18. The Bertz CT molecular complexity index is 1470. The highest BCUT2D eigenvalue weighted by molar-refractivity contribution is 6.04. The van der Waals surface area contributed by atoms with Crippen molar-refractivity contribution in [1.82, 2.24) is 40.1 Å². The highest BCUT2D eigenvalue weighted by Crippen LogP contribution is 2.39. The fraction of sp³-hybridized carbons (Fsp3) is 0.320. The molecule has 1 aromatic carbocycles. The predicted octanol–water partition coefficient (Wildman–Crippen LogP) is 3.20. The number of imidazole rings is 1. The van der Waals surface area contributed by atoms with Crippen molar-refractivity contribution < 1.29 is 14.0 Å². The number of pyridine rings is 1. The molecule has 37 heavy (non-hydrogen) atoms.